The number of halogens is 3. The summed E-state index contributed by atoms with van der Waals surface area (Å²) in [5.74, 6) is 0. The van der Waals surface area contributed by atoms with Crippen molar-refractivity contribution in [2.45, 2.75) is 43.5 Å². The van der Waals surface area contributed by atoms with Gasteiger partial charge in [0.15, 0.2) is 11.0 Å². The van der Waals surface area contributed by atoms with E-state index in [1.165, 1.54) is 0 Å². The maximum atomic E-state index is 12.3. The summed E-state index contributed by atoms with van der Waals surface area (Å²) in [4.78, 5) is 14.0. The summed E-state index contributed by atoms with van der Waals surface area (Å²) < 4.78 is 43.0. The molecule has 1 fully saturated rings. The molecule has 0 spiro atoms. The smallest absolute Gasteiger partial charge is 0.394 e. The molecule has 0 amide bonds. The Balaban J connectivity index is 2.27. The molecule has 1 aliphatic rings. The van der Waals surface area contributed by atoms with Crippen LogP contribution in [0.2, 0.25) is 0 Å². The lowest BCUT2D eigenvalue weighted by Gasteiger charge is -2.20. The first-order valence-corrected chi connectivity index (χ1v) is 7.42. The normalized spacial score (nSPS) is 28.3. The Kier molecular flexibility index (Phi) is 5.98. The van der Waals surface area contributed by atoms with Crippen molar-refractivity contribution in [3.8, 4) is 0 Å². The average Bonchev–Trinajstić information content (AvgIpc) is 2.81. The molecule has 5 atom stereocenters. The van der Waals surface area contributed by atoms with Crippen LogP contribution in [-0.2, 0) is 11.3 Å². The molecule has 2 heterocycles. The highest BCUT2D eigenvalue weighted by molar-refractivity contribution is 7.71. The zero-order valence-corrected chi connectivity index (χ0v) is 13.3. The van der Waals surface area contributed by atoms with Gasteiger partial charge in [0.05, 0.1) is 6.61 Å². The van der Waals surface area contributed by atoms with Crippen molar-refractivity contribution >= 4 is 12.2 Å². The van der Waals surface area contributed by atoms with Gasteiger partial charge in [-0.2, -0.15) is 13.2 Å². The monoisotopic (exact) mass is 387 g/mol. The third-order valence-electron chi connectivity index (χ3n) is 3.63. The Morgan fingerprint density at radius 3 is 2.56 bits per heavy atom. The number of ether oxygens (including phenoxy) is 1. The number of hydrogen-bond acceptors (Lipinski definition) is 8. The van der Waals surface area contributed by atoms with Crippen LogP contribution in [-0.4, -0.2) is 67.3 Å². The molecule has 6 N–H and O–H groups in total. The molecule has 0 bridgehead atoms. The second-order valence-electron chi connectivity index (χ2n) is 5.37. The number of nitrogens with zero attached hydrogens (tertiary/aromatic N) is 1. The van der Waals surface area contributed by atoms with Gasteiger partial charge in [0.1, 0.15) is 18.3 Å². The maximum absolute atomic E-state index is 12.3. The zero-order valence-electron chi connectivity index (χ0n) is 12.5. The number of nitrogens with one attached hydrogen (secondary N) is 2. The number of H-pyrrole nitrogens is 1. The molecule has 1 aliphatic heterocycles. The number of aromatic nitrogens is 2. The molecule has 0 radical (unpaired) electrons. The van der Waals surface area contributed by atoms with Gasteiger partial charge >= 0.3 is 6.18 Å². The minimum atomic E-state index is -4.91. The molecule has 5 unspecified atom stereocenters. The van der Waals surface area contributed by atoms with Gasteiger partial charge in [-0.1, -0.05) is 0 Å². The number of aliphatic hydroxyl groups excluding tert-OH is 4. The first-order valence-electron chi connectivity index (χ1n) is 7.01. The van der Waals surface area contributed by atoms with Crippen LogP contribution in [0.5, 0.6) is 0 Å². The highest BCUT2D eigenvalue weighted by Crippen LogP contribution is 2.29. The van der Waals surface area contributed by atoms with Crippen LogP contribution in [0, 0.1) is 4.77 Å². The van der Waals surface area contributed by atoms with E-state index in [0.29, 0.717) is 0 Å². The van der Waals surface area contributed by atoms with E-state index >= 15 is 0 Å². The molecule has 0 aliphatic carbocycles. The standard InChI is InChI=1S/C12H16F3N3O6S/c13-12(14,15)10(23)16-1-4-2-18(11(25)17-8(4)22)9-7(21)6(20)5(3-19)24-9/h2,5-7,9-10,16,19-21,23H,1,3H2,(H,17,22,25). The van der Waals surface area contributed by atoms with Crippen molar-refractivity contribution in [2.75, 3.05) is 6.61 Å². The molecule has 142 valence electrons. The third-order valence-corrected chi connectivity index (χ3v) is 3.94. The van der Waals surface area contributed by atoms with E-state index in [0.717, 1.165) is 10.8 Å². The molecule has 9 nitrogen and oxygen atoms in total. The van der Waals surface area contributed by atoms with E-state index in [4.69, 9.17) is 27.2 Å². The van der Waals surface area contributed by atoms with Gasteiger partial charge in [0.25, 0.3) is 5.56 Å². The summed E-state index contributed by atoms with van der Waals surface area (Å²) in [6.45, 7) is -1.24. The fraction of sp³-hybridized carbons (Fsp3) is 0.667. The topological polar surface area (TPSA) is 140 Å². The van der Waals surface area contributed by atoms with E-state index in [-0.39, 0.29) is 10.3 Å². The van der Waals surface area contributed by atoms with E-state index in [2.05, 4.69) is 4.98 Å². The number of aromatic amines is 1. The van der Waals surface area contributed by atoms with E-state index in [1.54, 1.807) is 5.32 Å². The molecular weight excluding hydrogens is 371 g/mol. The second-order valence-corrected chi connectivity index (χ2v) is 5.76. The van der Waals surface area contributed by atoms with Crippen LogP contribution in [0.25, 0.3) is 0 Å². The van der Waals surface area contributed by atoms with Gasteiger partial charge in [-0.25, -0.2) is 0 Å². The number of alkyl halides is 3. The molecule has 0 aromatic carbocycles. The van der Waals surface area contributed by atoms with Gasteiger partial charge < -0.3 is 25.2 Å². The molecular formula is C12H16F3N3O6S. The van der Waals surface area contributed by atoms with Crippen molar-refractivity contribution in [3.05, 3.63) is 26.9 Å². The van der Waals surface area contributed by atoms with Gasteiger partial charge in [0, 0.05) is 18.3 Å². The molecule has 1 saturated heterocycles. The summed E-state index contributed by atoms with van der Waals surface area (Å²) in [6.07, 6.45) is -12.0. The molecule has 1 aromatic heterocycles. The number of rotatable bonds is 5. The lowest BCUT2D eigenvalue weighted by Crippen LogP contribution is -2.42. The number of hydrogen-bond donors (Lipinski definition) is 6. The lowest BCUT2D eigenvalue weighted by molar-refractivity contribution is -0.213. The molecule has 1 aromatic rings. The minimum absolute atomic E-state index is 0.208. The van der Waals surface area contributed by atoms with Crippen molar-refractivity contribution in [1.82, 2.24) is 14.9 Å². The van der Waals surface area contributed by atoms with Crippen molar-refractivity contribution in [2.24, 2.45) is 0 Å². The molecule has 2 rings (SSSR count). The minimum Gasteiger partial charge on any atom is -0.394 e. The van der Waals surface area contributed by atoms with Crippen LogP contribution in [0.15, 0.2) is 11.0 Å². The van der Waals surface area contributed by atoms with E-state index in [9.17, 15) is 28.2 Å². The second kappa shape index (κ2) is 7.49. The summed E-state index contributed by atoms with van der Waals surface area (Å²) in [6, 6.07) is 0. The Bertz CT molecular complexity index is 723. The quantitative estimate of drug-likeness (QED) is 0.265. The van der Waals surface area contributed by atoms with E-state index < -0.39 is 55.7 Å². The highest BCUT2D eigenvalue weighted by Gasteiger charge is 2.43. The lowest BCUT2D eigenvalue weighted by atomic mass is 10.1. The third kappa shape index (κ3) is 4.25. The Labute approximate surface area is 143 Å². The van der Waals surface area contributed by atoms with Gasteiger partial charge in [-0.15, -0.1) is 0 Å². The van der Waals surface area contributed by atoms with Crippen molar-refractivity contribution in [3.63, 3.8) is 0 Å². The van der Waals surface area contributed by atoms with Crippen LogP contribution in [0.1, 0.15) is 11.8 Å². The maximum Gasteiger partial charge on any atom is 0.427 e. The average molecular weight is 387 g/mol. The van der Waals surface area contributed by atoms with E-state index in [1.807, 2.05) is 0 Å². The summed E-state index contributed by atoms with van der Waals surface area (Å²) in [7, 11) is 0. The Morgan fingerprint density at radius 1 is 1.40 bits per heavy atom. The summed E-state index contributed by atoms with van der Waals surface area (Å²) in [5, 5.41) is 39.4. The summed E-state index contributed by atoms with van der Waals surface area (Å²) in [5.41, 5.74) is -1.02. The largest absolute Gasteiger partial charge is 0.427 e. The van der Waals surface area contributed by atoms with Crippen molar-refractivity contribution in [1.29, 1.82) is 0 Å². The SMILES string of the molecule is O=c1[nH]c(=S)n(C2OC(CO)C(O)C2O)cc1CNC(O)C(F)(F)F. The fourth-order valence-electron chi connectivity index (χ4n) is 2.27. The van der Waals surface area contributed by atoms with Gasteiger partial charge in [0.2, 0.25) is 6.23 Å². The van der Waals surface area contributed by atoms with Crippen LogP contribution < -0.4 is 10.9 Å². The predicted molar refractivity (Wildman–Crippen MR) is 77.8 cm³/mol. The van der Waals surface area contributed by atoms with Crippen LogP contribution >= 0.6 is 12.2 Å². The zero-order chi connectivity index (χ0) is 18.9. The molecule has 25 heavy (non-hydrogen) atoms. The molecule has 13 heteroatoms. The van der Waals surface area contributed by atoms with Gasteiger partial charge in [-0.05, 0) is 12.2 Å². The van der Waals surface area contributed by atoms with Gasteiger partial charge in [-0.3, -0.25) is 19.7 Å². The van der Waals surface area contributed by atoms with Crippen LogP contribution in [0.4, 0.5) is 13.2 Å². The summed E-state index contributed by atoms with van der Waals surface area (Å²) >= 11 is 4.92. The number of aliphatic hydroxyl groups is 4. The molecule has 0 saturated carbocycles. The first-order chi connectivity index (χ1) is 11.6. The fourth-order valence-corrected chi connectivity index (χ4v) is 2.52. The Morgan fingerprint density at radius 2 is 2.04 bits per heavy atom. The van der Waals surface area contributed by atoms with Crippen molar-refractivity contribution < 1.29 is 38.3 Å². The first kappa shape index (κ1) is 20.0. The Hall–Kier alpha value is -1.35. The van der Waals surface area contributed by atoms with Crippen LogP contribution in [0.3, 0.4) is 0 Å². The highest BCUT2D eigenvalue weighted by atomic mass is 32.1. The predicted octanol–water partition coefficient (Wildman–Crippen LogP) is -1.51.